The summed E-state index contributed by atoms with van der Waals surface area (Å²) in [6.07, 6.45) is 4.67. The summed E-state index contributed by atoms with van der Waals surface area (Å²) < 4.78 is 17.2. The Balaban J connectivity index is 1.56. The van der Waals surface area contributed by atoms with Crippen molar-refractivity contribution in [3.63, 3.8) is 0 Å². The van der Waals surface area contributed by atoms with E-state index in [2.05, 4.69) is 33.8 Å². The maximum Gasteiger partial charge on any atom is 0.275 e. The van der Waals surface area contributed by atoms with Crippen LogP contribution in [0.2, 0.25) is 0 Å². The van der Waals surface area contributed by atoms with E-state index >= 15 is 0 Å². The Morgan fingerprint density at radius 1 is 1.09 bits per heavy atom. The van der Waals surface area contributed by atoms with Crippen LogP contribution < -0.4 is 0 Å². The van der Waals surface area contributed by atoms with Crippen LogP contribution >= 0.6 is 0 Å². The zero-order valence-corrected chi connectivity index (χ0v) is 19.1. The monoisotopic (exact) mass is 454 g/mol. The Bertz CT molecular complexity index is 1510. The average Bonchev–Trinajstić information content (AvgIpc) is 3.54. The van der Waals surface area contributed by atoms with Crippen LogP contribution in [0.3, 0.4) is 0 Å². The van der Waals surface area contributed by atoms with Crippen molar-refractivity contribution in [3.8, 4) is 22.8 Å². The van der Waals surface area contributed by atoms with Crippen molar-refractivity contribution in [2.45, 2.75) is 39.7 Å². The molecule has 0 fully saturated rings. The Morgan fingerprint density at radius 2 is 1.94 bits per heavy atom. The lowest BCUT2D eigenvalue weighted by Gasteiger charge is -2.04. The Morgan fingerprint density at radius 3 is 2.68 bits per heavy atom. The number of imidazole rings is 2. The van der Waals surface area contributed by atoms with Gasteiger partial charge in [0.1, 0.15) is 28.7 Å². The van der Waals surface area contributed by atoms with Crippen molar-refractivity contribution in [1.29, 1.82) is 0 Å². The summed E-state index contributed by atoms with van der Waals surface area (Å²) in [5, 5.41) is 9.34. The first kappa shape index (κ1) is 21.5. The van der Waals surface area contributed by atoms with Gasteiger partial charge >= 0.3 is 0 Å². The maximum absolute atomic E-state index is 13.8. The highest BCUT2D eigenvalue weighted by Gasteiger charge is 2.20. The van der Waals surface area contributed by atoms with Gasteiger partial charge < -0.3 is 9.83 Å². The molecule has 0 spiro atoms. The summed E-state index contributed by atoms with van der Waals surface area (Å²) in [6.45, 7) is 13.4. The number of hydrogen-bond acceptors (Lipinski definition) is 4. The van der Waals surface area contributed by atoms with E-state index in [-0.39, 0.29) is 11.9 Å². The quantitative estimate of drug-likeness (QED) is 0.351. The molecule has 0 aliphatic rings. The number of hydrogen-bond donors (Lipinski definition) is 1. The first-order valence-corrected chi connectivity index (χ1v) is 11.0. The molecule has 0 aliphatic heterocycles. The van der Waals surface area contributed by atoms with Crippen molar-refractivity contribution < 1.29 is 4.39 Å². The predicted octanol–water partition coefficient (Wildman–Crippen LogP) is 5.35. The van der Waals surface area contributed by atoms with Crippen molar-refractivity contribution in [2.24, 2.45) is 0 Å². The molecule has 0 saturated heterocycles. The fraction of sp³-hybridized carbons (Fsp3) is 0.240. The van der Waals surface area contributed by atoms with Gasteiger partial charge in [-0.05, 0) is 62.6 Å². The molecule has 0 radical (unpaired) electrons. The summed E-state index contributed by atoms with van der Waals surface area (Å²) in [5.74, 6) is 0.854. The fourth-order valence-electron chi connectivity index (χ4n) is 3.95. The van der Waals surface area contributed by atoms with E-state index in [1.165, 1.54) is 16.8 Å². The standard InChI is InChI=1S/C25H23FN8/c1-15(2)33-10-9-20(31-33)25-24(19-6-8-22-28-14-23(27-4)34(22)32-19)29-21(30-25)7-5-17-11-16(3)12-18(26)13-17/h6,8-15H,5,7H2,1-3H3,(H,29,30). The van der Waals surface area contributed by atoms with Crippen LogP contribution in [0.15, 0.2) is 48.8 Å². The maximum atomic E-state index is 13.8. The molecule has 0 amide bonds. The Labute approximate surface area is 195 Å². The number of aryl methyl sites for hydroxylation is 3. The van der Waals surface area contributed by atoms with Crippen LogP contribution in [0.5, 0.6) is 0 Å². The van der Waals surface area contributed by atoms with Gasteiger partial charge in [0.15, 0.2) is 0 Å². The molecule has 0 bridgehead atoms. The van der Waals surface area contributed by atoms with Crippen LogP contribution in [0.1, 0.15) is 36.8 Å². The molecular formula is C25H23FN8. The van der Waals surface area contributed by atoms with E-state index < -0.39 is 0 Å². The number of H-pyrrole nitrogens is 1. The second-order valence-electron chi connectivity index (χ2n) is 8.54. The van der Waals surface area contributed by atoms with Gasteiger partial charge in [-0.25, -0.2) is 14.4 Å². The SMILES string of the molecule is [C-]#[N+]c1cnc2ccc(-c3nc(CCc4cc(C)cc(F)c4)[nH]c3-c3ccn(C(C)C)n3)nn12. The second-order valence-corrected chi connectivity index (χ2v) is 8.54. The van der Waals surface area contributed by atoms with Crippen molar-refractivity contribution in [1.82, 2.24) is 34.3 Å². The lowest BCUT2D eigenvalue weighted by atomic mass is 10.1. The molecule has 0 unspecified atom stereocenters. The number of aromatic amines is 1. The van der Waals surface area contributed by atoms with E-state index in [4.69, 9.17) is 16.7 Å². The molecule has 1 aromatic carbocycles. The van der Waals surface area contributed by atoms with E-state index in [1.807, 2.05) is 42.1 Å². The highest BCUT2D eigenvalue weighted by molar-refractivity contribution is 5.75. The number of rotatable bonds is 6. The van der Waals surface area contributed by atoms with Crippen molar-refractivity contribution in [2.75, 3.05) is 0 Å². The summed E-state index contributed by atoms with van der Waals surface area (Å²) >= 11 is 0. The molecule has 0 aliphatic carbocycles. The summed E-state index contributed by atoms with van der Waals surface area (Å²) in [6, 6.07) is 10.9. The topological polar surface area (TPSA) is 81.0 Å². The molecule has 9 heteroatoms. The molecule has 34 heavy (non-hydrogen) atoms. The van der Waals surface area contributed by atoms with Gasteiger partial charge in [-0.1, -0.05) is 17.7 Å². The zero-order chi connectivity index (χ0) is 23.8. The number of aromatic nitrogens is 7. The number of nitrogens with zero attached hydrogens (tertiary/aromatic N) is 7. The van der Waals surface area contributed by atoms with Crippen LogP contribution in [-0.2, 0) is 12.8 Å². The van der Waals surface area contributed by atoms with Gasteiger partial charge in [0.05, 0.1) is 11.9 Å². The highest BCUT2D eigenvalue weighted by atomic mass is 19.1. The van der Waals surface area contributed by atoms with Gasteiger partial charge in [0, 0.05) is 24.7 Å². The van der Waals surface area contributed by atoms with E-state index in [9.17, 15) is 4.39 Å². The van der Waals surface area contributed by atoms with Crippen LogP contribution in [0.4, 0.5) is 10.2 Å². The van der Waals surface area contributed by atoms with E-state index in [1.54, 1.807) is 6.07 Å². The number of benzene rings is 1. The minimum atomic E-state index is -0.233. The average molecular weight is 455 g/mol. The molecule has 5 aromatic rings. The van der Waals surface area contributed by atoms with E-state index in [0.29, 0.717) is 35.7 Å². The molecule has 0 atom stereocenters. The van der Waals surface area contributed by atoms with Crippen LogP contribution in [-0.4, -0.2) is 34.3 Å². The lowest BCUT2D eigenvalue weighted by molar-refractivity contribution is 0.534. The predicted molar refractivity (Wildman–Crippen MR) is 127 cm³/mol. The molecule has 5 rings (SSSR count). The summed E-state index contributed by atoms with van der Waals surface area (Å²) in [4.78, 5) is 16.0. The third kappa shape index (κ3) is 4.06. The summed E-state index contributed by atoms with van der Waals surface area (Å²) in [5.41, 5.74) is 5.16. The van der Waals surface area contributed by atoms with Gasteiger partial charge in [0.25, 0.3) is 5.82 Å². The lowest BCUT2D eigenvalue weighted by Crippen LogP contribution is -2.01. The molecule has 0 saturated carbocycles. The highest BCUT2D eigenvalue weighted by Crippen LogP contribution is 2.29. The normalized spacial score (nSPS) is 11.4. The first-order chi connectivity index (χ1) is 16.4. The van der Waals surface area contributed by atoms with Gasteiger partial charge in [-0.15, -0.1) is 4.52 Å². The second kappa shape index (κ2) is 8.56. The first-order valence-electron chi connectivity index (χ1n) is 11.0. The number of fused-ring (bicyclic) bond motifs is 1. The Hall–Kier alpha value is -4.32. The summed E-state index contributed by atoms with van der Waals surface area (Å²) in [7, 11) is 0. The van der Waals surface area contributed by atoms with Crippen LogP contribution in [0, 0.1) is 19.3 Å². The number of nitrogens with one attached hydrogen (secondary N) is 1. The molecule has 4 heterocycles. The minimum Gasteiger partial charge on any atom is -0.360 e. The largest absolute Gasteiger partial charge is 0.360 e. The third-order valence-electron chi connectivity index (χ3n) is 5.60. The fourth-order valence-corrected chi connectivity index (χ4v) is 3.95. The van der Waals surface area contributed by atoms with Gasteiger partial charge in [-0.3, -0.25) is 4.68 Å². The van der Waals surface area contributed by atoms with Crippen molar-refractivity contribution >= 4 is 11.5 Å². The molecular weight excluding hydrogens is 431 g/mol. The van der Waals surface area contributed by atoms with Gasteiger partial charge in [-0.2, -0.15) is 5.10 Å². The minimum absolute atomic E-state index is 0.220. The molecule has 170 valence electrons. The molecule has 8 nitrogen and oxygen atoms in total. The Kier molecular flexibility index (Phi) is 5.42. The third-order valence-corrected chi connectivity index (χ3v) is 5.60. The zero-order valence-electron chi connectivity index (χ0n) is 19.1. The molecule has 4 aromatic heterocycles. The van der Waals surface area contributed by atoms with Crippen LogP contribution in [0.25, 0.3) is 33.3 Å². The number of halogens is 1. The van der Waals surface area contributed by atoms with E-state index in [0.717, 1.165) is 28.3 Å². The van der Waals surface area contributed by atoms with Gasteiger partial charge in [0.2, 0.25) is 5.65 Å². The molecule has 1 N–H and O–H groups in total. The van der Waals surface area contributed by atoms with Crippen molar-refractivity contribution in [3.05, 3.63) is 83.0 Å². The smallest absolute Gasteiger partial charge is 0.275 e.